The minimum absolute atomic E-state index is 0.0163. The Bertz CT molecular complexity index is 689. The molecule has 0 atom stereocenters. The number of aliphatic hydroxyl groups is 1. The SMILES string of the molecule is OCc1c(C(F)(F)F)ccnc1-c1cc(Cl)cc(Cl)c1Cl. The van der Waals surface area contributed by atoms with Crippen LogP contribution < -0.4 is 0 Å². The van der Waals surface area contributed by atoms with Crippen molar-refractivity contribution in [1.29, 1.82) is 0 Å². The van der Waals surface area contributed by atoms with E-state index in [1.54, 1.807) is 0 Å². The van der Waals surface area contributed by atoms with Crippen molar-refractivity contribution in [3.8, 4) is 11.3 Å². The molecule has 0 bridgehead atoms. The molecule has 2 nitrogen and oxygen atoms in total. The molecule has 1 aromatic carbocycles. The average molecular weight is 357 g/mol. The molecular formula is C13H7Cl3F3NO. The molecule has 21 heavy (non-hydrogen) atoms. The van der Waals surface area contributed by atoms with E-state index in [1.807, 2.05) is 0 Å². The van der Waals surface area contributed by atoms with Crippen LogP contribution in [0.3, 0.4) is 0 Å². The lowest BCUT2D eigenvalue weighted by Crippen LogP contribution is -2.11. The Hall–Kier alpha value is -1.01. The van der Waals surface area contributed by atoms with Crippen molar-refractivity contribution in [3.63, 3.8) is 0 Å². The summed E-state index contributed by atoms with van der Waals surface area (Å²) in [4.78, 5) is 3.88. The van der Waals surface area contributed by atoms with Gasteiger partial charge in [-0.1, -0.05) is 34.8 Å². The highest BCUT2D eigenvalue weighted by atomic mass is 35.5. The van der Waals surface area contributed by atoms with E-state index in [-0.39, 0.29) is 31.9 Å². The maximum absolute atomic E-state index is 13.0. The van der Waals surface area contributed by atoms with E-state index >= 15 is 0 Å². The molecule has 2 aromatic rings. The number of pyridine rings is 1. The number of aliphatic hydroxyl groups excluding tert-OH is 1. The summed E-state index contributed by atoms with van der Waals surface area (Å²) in [6.07, 6.45) is -3.63. The van der Waals surface area contributed by atoms with E-state index < -0.39 is 18.3 Å². The Morgan fingerprint density at radius 2 is 1.81 bits per heavy atom. The third-order valence-electron chi connectivity index (χ3n) is 2.77. The van der Waals surface area contributed by atoms with Gasteiger partial charge in [-0.25, -0.2) is 0 Å². The first-order valence-corrected chi connectivity index (χ1v) is 6.70. The van der Waals surface area contributed by atoms with Crippen LogP contribution >= 0.6 is 34.8 Å². The zero-order valence-electron chi connectivity index (χ0n) is 10.2. The van der Waals surface area contributed by atoms with Gasteiger partial charge in [-0.3, -0.25) is 4.98 Å². The highest BCUT2D eigenvalue weighted by molar-refractivity contribution is 6.45. The second kappa shape index (κ2) is 6.01. The lowest BCUT2D eigenvalue weighted by molar-refractivity contribution is -0.138. The van der Waals surface area contributed by atoms with Crippen molar-refractivity contribution in [2.45, 2.75) is 12.8 Å². The van der Waals surface area contributed by atoms with Gasteiger partial charge in [0.1, 0.15) is 0 Å². The van der Waals surface area contributed by atoms with Crippen molar-refractivity contribution in [1.82, 2.24) is 4.98 Å². The summed E-state index contributed by atoms with van der Waals surface area (Å²) in [5.74, 6) is 0. The zero-order valence-corrected chi connectivity index (χ0v) is 12.4. The summed E-state index contributed by atoms with van der Waals surface area (Å²) in [6.45, 7) is -0.849. The molecule has 0 radical (unpaired) electrons. The Kier molecular flexibility index (Phi) is 4.68. The molecule has 0 aliphatic heterocycles. The van der Waals surface area contributed by atoms with Crippen LogP contribution in [-0.4, -0.2) is 10.1 Å². The molecular weight excluding hydrogens is 350 g/mol. The van der Waals surface area contributed by atoms with Crippen LogP contribution in [0, 0.1) is 0 Å². The summed E-state index contributed by atoms with van der Waals surface area (Å²) >= 11 is 17.7. The number of nitrogens with zero attached hydrogens (tertiary/aromatic N) is 1. The minimum atomic E-state index is -4.62. The molecule has 112 valence electrons. The fourth-order valence-electron chi connectivity index (χ4n) is 1.88. The Morgan fingerprint density at radius 1 is 1.14 bits per heavy atom. The van der Waals surface area contributed by atoms with Gasteiger partial charge in [-0.05, 0) is 18.2 Å². The summed E-state index contributed by atoms with van der Waals surface area (Å²) in [5.41, 5.74) is -1.35. The fraction of sp³-hybridized carbons (Fsp3) is 0.154. The summed E-state index contributed by atoms with van der Waals surface area (Å²) < 4.78 is 38.9. The first-order valence-electron chi connectivity index (χ1n) is 5.56. The highest BCUT2D eigenvalue weighted by Crippen LogP contribution is 2.40. The van der Waals surface area contributed by atoms with Crippen LogP contribution in [0.15, 0.2) is 24.4 Å². The Balaban J connectivity index is 2.77. The van der Waals surface area contributed by atoms with Gasteiger partial charge in [0.2, 0.25) is 0 Å². The number of halogens is 6. The third kappa shape index (κ3) is 3.26. The monoisotopic (exact) mass is 355 g/mol. The molecule has 0 fully saturated rings. The fourth-order valence-corrected chi connectivity index (χ4v) is 2.57. The average Bonchev–Trinajstić information content (AvgIpc) is 2.41. The van der Waals surface area contributed by atoms with Crippen LogP contribution in [0.4, 0.5) is 13.2 Å². The molecule has 1 aromatic heterocycles. The van der Waals surface area contributed by atoms with Crippen molar-refractivity contribution in [2.24, 2.45) is 0 Å². The number of hydrogen-bond acceptors (Lipinski definition) is 2. The largest absolute Gasteiger partial charge is 0.416 e. The molecule has 0 aliphatic rings. The van der Waals surface area contributed by atoms with Gasteiger partial charge in [-0.15, -0.1) is 0 Å². The molecule has 8 heteroatoms. The van der Waals surface area contributed by atoms with E-state index in [1.165, 1.54) is 12.1 Å². The van der Waals surface area contributed by atoms with E-state index in [4.69, 9.17) is 34.8 Å². The minimum Gasteiger partial charge on any atom is -0.392 e. The molecule has 0 spiro atoms. The van der Waals surface area contributed by atoms with Crippen molar-refractivity contribution in [3.05, 3.63) is 50.6 Å². The highest BCUT2D eigenvalue weighted by Gasteiger charge is 2.34. The first kappa shape index (κ1) is 16.4. The molecule has 0 saturated heterocycles. The standard InChI is InChI=1S/C13H7Cl3F3NO/c14-6-3-7(11(16)10(15)4-6)12-8(5-21)9(1-2-20-12)13(17,18)19/h1-4,21H,5H2. The molecule has 1 heterocycles. The number of rotatable bonds is 2. The van der Waals surface area contributed by atoms with Gasteiger partial charge in [-0.2, -0.15) is 13.2 Å². The smallest absolute Gasteiger partial charge is 0.392 e. The maximum Gasteiger partial charge on any atom is 0.416 e. The van der Waals surface area contributed by atoms with Crippen LogP contribution in [0.2, 0.25) is 15.1 Å². The topological polar surface area (TPSA) is 33.1 Å². The summed E-state index contributed by atoms with van der Waals surface area (Å²) in [6, 6.07) is 3.49. The number of aromatic nitrogens is 1. The molecule has 0 saturated carbocycles. The van der Waals surface area contributed by atoms with Gasteiger partial charge < -0.3 is 5.11 Å². The van der Waals surface area contributed by atoms with Gasteiger partial charge in [0.05, 0.1) is 27.9 Å². The molecule has 0 amide bonds. The van der Waals surface area contributed by atoms with E-state index in [0.29, 0.717) is 0 Å². The van der Waals surface area contributed by atoms with Crippen LogP contribution in [0.5, 0.6) is 0 Å². The van der Waals surface area contributed by atoms with E-state index in [2.05, 4.69) is 4.98 Å². The lowest BCUT2D eigenvalue weighted by atomic mass is 10.0. The predicted octanol–water partition coefficient (Wildman–Crippen LogP) is 5.22. The van der Waals surface area contributed by atoms with Crippen LogP contribution in [0.1, 0.15) is 11.1 Å². The van der Waals surface area contributed by atoms with Crippen LogP contribution in [-0.2, 0) is 12.8 Å². The quantitative estimate of drug-likeness (QED) is 0.748. The third-order valence-corrected chi connectivity index (χ3v) is 3.79. The van der Waals surface area contributed by atoms with Gasteiger partial charge in [0.25, 0.3) is 0 Å². The van der Waals surface area contributed by atoms with Crippen molar-refractivity contribution in [2.75, 3.05) is 0 Å². The van der Waals surface area contributed by atoms with Crippen LogP contribution in [0.25, 0.3) is 11.3 Å². The second-order valence-electron chi connectivity index (χ2n) is 4.09. The van der Waals surface area contributed by atoms with Crippen molar-refractivity contribution < 1.29 is 18.3 Å². The maximum atomic E-state index is 13.0. The molecule has 2 rings (SSSR count). The van der Waals surface area contributed by atoms with Gasteiger partial charge in [0, 0.05) is 22.3 Å². The number of alkyl halides is 3. The Morgan fingerprint density at radius 3 is 2.38 bits per heavy atom. The molecule has 0 unspecified atom stereocenters. The van der Waals surface area contributed by atoms with E-state index in [0.717, 1.165) is 12.3 Å². The number of hydrogen-bond donors (Lipinski definition) is 1. The van der Waals surface area contributed by atoms with Gasteiger partial charge in [0.15, 0.2) is 0 Å². The lowest BCUT2D eigenvalue weighted by Gasteiger charge is -2.16. The molecule has 1 N–H and O–H groups in total. The Labute approximate surface area is 133 Å². The van der Waals surface area contributed by atoms with Crippen molar-refractivity contribution >= 4 is 34.8 Å². The van der Waals surface area contributed by atoms with E-state index in [9.17, 15) is 18.3 Å². The first-order chi connectivity index (χ1) is 9.75. The summed E-state index contributed by atoms with van der Waals surface area (Å²) in [7, 11) is 0. The predicted molar refractivity (Wildman–Crippen MR) is 75.6 cm³/mol. The second-order valence-corrected chi connectivity index (χ2v) is 5.31. The van der Waals surface area contributed by atoms with Gasteiger partial charge >= 0.3 is 6.18 Å². The molecule has 0 aliphatic carbocycles. The number of benzene rings is 1. The summed E-state index contributed by atoms with van der Waals surface area (Å²) in [5, 5.41) is 9.60. The normalized spacial score (nSPS) is 11.8. The zero-order chi connectivity index (χ0) is 15.8.